The molecule has 0 saturated heterocycles. The van der Waals surface area contributed by atoms with Crippen molar-refractivity contribution in [3.8, 4) is 0 Å². The van der Waals surface area contributed by atoms with Crippen LogP contribution in [-0.4, -0.2) is 0 Å². The highest BCUT2D eigenvalue weighted by Crippen LogP contribution is 2.51. The van der Waals surface area contributed by atoms with E-state index in [1.807, 2.05) is 18.2 Å². The molecule has 2 bridgehead atoms. The molecule has 1 aromatic rings. The molecule has 3 rings (SSSR count). The number of halogens is 2. The largest absolute Gasteiger partial charge is 0.324 e. The number of rotatable bonds is 3. The molecule has 0 amide bonds. The van der Waals surface area contributed by atoms with E-state index in [4.69, 9.17) is 28.9 Å². The first-order valence-electron chi connectivity index (χ1n) is 6.84. The van der Waals surface area contributed by atoms with Crippen LogP contribution in [0.25, 0.3) is 0 Å². The maximum Gasteiger partial charge on any atom is 0.0640 e. The molecule has 3 heteroatoms. The summed E-state index contributed by atoms with van der Waals surface area (Å²) in [4.78, 5) is 0. The van der Waals surface area contributed by atoms with E-state index in [1.165, 1.54) is 25.7 Å². The third-order valence-electron chi connectivity index (χ3n) is 4.82. The van der Waals surface area contributed by atoms with Gasteiger partial charge in [0.1, 0.15) is 0 Å². The molecule has 4 atom stereocenters. The summed E-state index contributed by atoms with van der Waals surface area (Å²) >= 11 is 12.3. The summed E-state index contributed by atoms with van der Waals surface area (Å²) < 4.78 is 0. The molecular formula is C15H19Cl2N. The first-order chi connectivity index (χ1) is 8.65. The molecule has 0 aromatic heterocycles. The zero-order valence-electron chi connectivity index (χ0n) is 10.4. The fourth-order valence-electron chi connectivity index (χ4n) is 3.93. The highest BCUT2D eigenvalue weighted by atomic mass is 35.5. The van der Waals surface area contributed by atoms with Crippen LogP contribution < -0.4 is 5.73 Å². The number of fused-ring (bicyclic) bond motifs is 2. The van der Waals surface area contributed by atoms with Crippen LogP contribution in [0.15, 0.2) is 18.2 Å². The number of nitrogens with two attached hydrogens (primary N) is 1. The van der Waals surface area contributed by atoms with Gasteiger partial charge in [0.05, 0.1) is 10.0 Å². The highest BCUT2D eigenvalue weighted by molar-refractivity contribution is 6.42. The summed E-state index contributed by atoms with van der Waals surface area (Å²) in [5.41, 5.74) is 7.34. The van der Waals surface area contributed by atoms with Crippen LogP contribution in [0, 0.1) is 17.8 Å². The first kappa shape index (κ1) is 12.8. The van der Waals surface area contributed by atoms with Crippen molar-refractivity contribution in [2.24, 2.45) is 23.5 Å². The van der Waals surface area contributed by atoms with Gasteiger partial charge in [0.15, 0.2) is 0 Å². The van der Waals surface area contributed by atoms with Crippen LogP contribution in [-0.2, 0) is 0 Å². The van der Waals surface area contributed by atoms with Crippen molar-refractivity contribution in [1.29, 1.82) is 0 Å². The monoisotopic (exact) mass is 283 g/mol. The maximum atomic E-state index is 6.33. The first-order valence-corrected chi connectivity index (χ1v) is 7.60. The Morgan fingerprint density at radius 1 is 1.22 bits per heavy atom. The molecule has 98 valence electrons. The minimum absolute atomic E-state index is 0.0283. The molecule has 2 fully saturated rings. The predicted octanol–water partition coefficient (Wildman–Crippen LogP) is 4.82. The van der Waals surface area contributed by atoms with Crippen molar-refractivity contribution < 1.29 is 0 Å². The van der Waals surface area contributed by atoms with Crippen LogP contribution in [0.5, 0.6) is 0 Å². The quantitative estimate of drug-likeness (QED) is 0.846. The van der Waals surface area contributed by atoms with E-state index in [2.05, 4.69) is 0 Å². The zero-order chi connectivity index (χ0) is 12.7. The smallest absolute Gasteiger partial charge is 0.0640 e. The Balaban J connectivity index is 1.71. The molecule has 2 aliphatic rings. The number of hydrogen-bond acceptors (Lipinski definition) is 1. The molecule has 2 saturated carbocycles. The molecule has 2 N–H and O–H groups in total. The average Bonchev–Trinajstić information content (AvgIpc) is 2.94. The van der Waals surface area contributed by atoms with Gasteiger partial charge in [-0.15, -0.1) is 0 Å². The van der Waals surface area contributed by atoms with E-state index in [0.717, 1.165) is 29.7 Å². The van der Waals surface area contributed by atoms with E-state index in [9.17, 15) is 0 Å². The Morgan fingerprint density at radius 3 is 2.72 bits per heavy atom. The lowest BCUT2D eigenvalue weighted by Crippen LogP contribution is -2.19. The third kappa shape index (κ3) is 2.29. The summed E-state index contributed by atoms with van der Waals surface area (Å²) in [5, 5.41) is 1.24. The molecule has 0 spiro atoms. The van der Waals surface area contributed by atoms with Crippen molar-refractivity contribution in [2.75, 3.05) is 0 Å². The standard InChI is InChI=1S/C15H19Cl2N/c16-13-3-1-2-12(15(13)17)14(18)8-11-7-9-4-5-10(11)6-9/h1-3,9-11,14H,4-8,18H2. The lowest BCUT2D eigenvalue weighted by molar-refractivity contribution is 0.296. The van der Waals surface area contributed by atoms with E-state index >= 15 is 0 Å². The summed E-state index contributed by atoms with van der Waals surface area (Å²) in [5.74, 6) is 2.69. The van der Waals surface area contributed by atoms with Crippen LogP contribution >= 0.6 is 23.2 Å². The molecule has 4 unspecified atom stereocenters. The summed E-state index contributed by atoms with van der Waals surface area (Å²) in [6.45, 7) is 0. The van der Waals surface area contributed by atoms with Gasteiger partial charge in [-0.2, -0.15) is 0 Å². The van der Waals surface area contributed by atoms with Gasteiger partial charge in [-0.25, -0.2) is 0 Å². The predicted molar refractivity (Wildman–Crippen MR) is 76.9 cm³/mol. The van der Waals surface area contributed by atoms with Gasteiger partial charge < -0.3 is 5.73 Å². The zero-order valence-corrected chi connectivity index (χ0v) is 11.9. The Labute approximate surface area is 119 Å². The van der Waals surface area contributed by atoms with E-state index in [-0.39, 0.29) is 6.04 Å². The topological polar surface area (TPSA) is 26.0 Å². The molecule has 1 nitrogen and oxygen atoms in total. The van der Waals surface area contributed by atoms with Crippen LogP contribution in [0.3, 0.4) is 0 Å². The van der Waals surface area contributed by atoms with Crippen molar-refractivity contribution >= 4 is 23.2 Å². The highest BCUT2D eigenvalue weighted by Gasteiger charge is 2.39. The van der Waals surface area contributed by atoms with Crippen molar-refractivity contribution in [3.63, 3.8) is 0 Å². The second-order valence-corrected chi connectivity index (χ2v) is 6.71. The minimum Gasteiger partial charge on any atom is -0.324 e. The van der Waals surface area contributed by atoms with E-state index in [1.54, 1.807) is 0 Å². The van der Waals surface area contributed by atoms with Crippen LogP contribution in [0.1, 0.15) is 43.7 Å². The molecule has 2 aliphatic carbocycles. The van der Waals surface area contributed by atoms with Gasteiger partial charge >= 0.3 is 0 Å². The van der Waals surface area contributed by atoms with Gasteiger partial charge in [-0.3, -0.25) is 0 Å². The Morgan fingerprint density at radius 2 is 2.06 bits per heavy atom. The van der Waals surface area contributed by atoms with Crippen molar-refractivity contribution in [1.82, 2.24) is 0 Å². The lowest BCUT2D eigenvalue weighted by atomic mass is 9.83. The third-order valence-corrected chi connectivity index (χ3v) is 5.66. The Kier molecular flexibility index (Phi) is 3.57. The molecule has 0 heterocycles. The van der Waals surface area contributed by atoms with Crippen molar-refractivity contribution in [3.05, 3.63) is 33.8 Å². The summed E-state index contributed by atoms with van der Waals surface area (Å²) in [7, 11) is 0. The van der Waals surface area contributed by atoms with E-state index < -0.39 is 0 Å². The average molecular weight is 284 g/mol. The lowest BCUT2D eigenvalue weighted by Gasteiger charge is -2.25. The molecular weight excluding hydrogens is 265 g/mol. The van der Waals surface area contributed by atoms with Gasteiger partial charge in [0.25, 0.3) is 0 Å². The number of hydrogen-bond donors (Lipinski definition) is 1. The van der Waals surface area contributed by atoms with Crippen LogP contribution in [0.2, 0.25) is 10.0 Å². The molecule has 1 aromatic carbocycles. The second-order valence-electron chi connectivity index (χ2n) is 5.92. The molecule has 0 aliphatic heterocycles. The maximum absolute atomic E-state index is 6.33. The fourth-order valence-corrected chi connectivity index (χ4v) is 4.37. The molecule has 18 heavy (non-hydrogen) atoms. The minimum atomic E-state index is 0.0283. The number of benzene rings is 1. The van der Waals surface area contributed by atoms with Gasteiger partial charge in [-0.05, 0) is 55.1 Å². The van der Waals surface area contributed by atoms with Gasteiger partial charge in [-0.1, -0.05) is 41.8 Å². The van der Waals surface area contributed by atoms with Crippen molar-refractivity contribution in [2.45, 2.75) is 38.1 Å². The Bertz CT molecular complexity index is 446. The SMILES string of the molecule is NC(CC1CC2CCC1C2)c1cccc(Cl)c1Cl. The Hall–Kier alpha value is -0.240. The summed E-state index contributed by atoms with van der Waals surface area (Å²) in [6, 6.07) is 5.79. The van der Waals surface area contributed by atoms with Gasteiger partial charge in [0, 0.05) is 6.04 Å². The molecule has 0 radical (unpaired) electrons. The fraction of sp³-hybridized carbons (Fsp3) is 0.600. The second kappa shape index (κ2) is 5.03. The normalized spacial score (nSPS) is 31.8. The summed E-state index contributed by atoms with van der Waals surface area (Å²) in [6.07, 6.45) is 6.71. The van der Waals surface area contributed by atoms with Crippen LogP contribution in [0.4, 0.5) is 0 Å². The van der Waals surface area contributed by atoms with Gasteiger partial charge in [0.2, 0.25) is 0 Å². The van der Waals surface area contributed by atoms with E-state index in [0.29, 0.717) is 10.0 Å².